The molecular weight excluding hydrogens is 710 g/mol. The van der Waals surface area contributed by atoms with Crippen molar-refractivity contribution in [2.24, 2.45) is 0 Å². The topological polar surface area (TPSA) is 221 Å². The van der Waals surface area contributed by atoms with Crippen LogP contribution in [0, 0.1) is 0 Å². The molecule has 0 saturated heterocycles. The number of benzene rings is 2. The van der Waals surface area contributed by atoms with Gasteiger partial charge < -0.3 is 45.0 Å². The van der Waals surface area contributed by atoms with E-state index in [1.807, 2.05) is 45.0 Å². The number of carbonyl (C=O) groups is 5. The largest absolute Gasteiger partial charge is 0.448 e. The number of hydrogen-bond donors (Lipinski definition) is 5. The zero-order valence-electron chi connectivity index (χ0n) is 29.7. The second kappa shape index (κ2) is 14.7. The molecule has 0 aliphatic carbocycles. The maximum Gasteiger partial charge on any atom is 0.414 e. The van der Waals surface area contributed by atoms with E-state index in [0.29, 0.717) is 37.1 Å². The fourth-order valence-electron chi connectivity index (χ4n) is 6.36. The summed E-state index contributed by atoms with van der Waals surface area (Å²) in [6, 6.07) is 10.9. The second-order valence-electron chi connectivity index (χ2n) is 13.5. The van der Waals surface area contributed by atoms with Gasteiger partial charge in [0.05, 0.1) is 23.9 Å². The zero-order chi connectivity index (χ0) is 38.1. The number of amides is 5. The Kier molecular flexibility index (Phi) is 10.3. The van der Waals surface area contributed by atoms with Crippen molar-refractivity contribution in [3.05, 3.63) is 58.9 Å². The van der Waals surface area contributed by atoms with Gasteiger partial charge in [0.25, 0.3) is 11.8 Å². The summed E-state index contributed by atoms with van der Waals surface area (Å²) in [4.78, 5) is 72.3. The van der Waals surface area contributed by atoms with E-state index in [-0.39, 0.29) is 24.9 Å². The number of sulfone groups is 1. The number of hydrogen-bond acceptors (Lipinski definition) is 10. The van der Waals surface area contributed by atoms with E-state index in [2.05, 4.69) is 30.7 Å². The predicted molar refractivity (Wildman–Crippen MR) is 195 cm³/mol. The van der Waals surface area contributed by atoms with E-state index in [1.54, 1.807) is 21.9 Å². The van der Waals surface area contributed by atoms with E-state index in [4.69, 9.17) is 9.47 Å². The van der Waals surface area contributed by atoms with Crippen LogP contribution in [-0.4, -0.2) is 106 Å². The summed E-state index contributed by atoms with van der Waals surface area (Å²) in [6.45, 7) is 5.37. The molecule has 0 saturated carbocycles. The normalized spacial score (nSPS) is 13.8. The lowest BCUT2D eigenvalue weighted by atomic mass is 10.1. The van der Waals surface area contributed by atoms with Crippen LogP contribution in [0.3, 0.4) is 0 Å². The third kappa shape index (κ3) is 8.16. The highest BCUT2D eigenvalue weighted by Gasteiger charge is 2.32. The van der Waals surface area contributed by atoms with Crippen LogP contribution in [0.15, 0.2) is 36.4 Å². The van der Waals surface area contributed by atoms with Gasteiger partial charge in [-0.2, -0.15) is 0 Å². The van der Waals surface area contributed by atoms with Crippen LogP contribution in [0.25, 0.3) is 21.8 Å². The smallest absolute Gasteiger partial charge is 0.414 e. The van der Waals surface area contributed by atoms with Crippen molar-refractivity contribution < 1.29 is 46.6 Å². The molecule has 5 amide bonds. The van der Waals surface area contributed by atoms with Gasteiger partial charge in [-0.25, -0.2) is 22.8 Å². The summed E-state index contributed by atoms with van der Waals surface area (Å²) in [7, 11) is -2.28. The van der Waals surface area contributed by atoms with Gasteiger partial charge in [0.15, 0.2) is 9.84 Å². The molecule has 0 radical (unpaired) electrons. The van der Waals surface area contributed by atoms with Crippen molar-refractivity contribution in [1.82, 2.24) is 25.9 Å². The molecule has 0 bridgehead atoms. The van der Waals surface area contributed by atoms with Gasteiger partial charge in [-0.1, -0.05) is 0 Å². The maximum absolute atomic E-state index is 13.9. The molecule has 4 heterocycles. The highest BCUT2D eigenvalue weighted by molar-refractivity contribution is 7.91. The molecule has 2 aromatic carbocycles. The summed E-state index contributed by atoms with van der Waals surface area (Å²) in [6.07, 6.45) is -0.879. The molecular formula is C35H41N7O10S. The molecule has 0 fully saturated rings. The Morgan fingerprint density at radius 3 is 1.92 bits per heavy atom. The minimum absolute atomic E-state index is 0.200. The van der Waals surface area contributed by atoms with E-state index in [9.17, 15) is 32.4 Å². The molecule has 17 nitrogen and oxygen atoms in total. The first-order chi connectivity index (χ1) is 25.1. The standard InChI is InChI=1S/C35H41N7O10S/c1-35(2,3)52-34(47)42-12-10-21-23-18-27(40-25(23)6-8-29(21)42)31(44)41-11-9-20-22-17-26(39-24(22)5-7-28(20)41)30(43)37-19-38-33(46)51-14-16-53(48,49)15-13-50-32(45)36-4/h5-8,17-18,39-40H,9-16,19H2,1-4H3,(H,36,45)(H,37,43)(H,38,46). The van der Waals surface area contributed by atoms with Crippen molar-refractivity contribution in [1.29, 1.82) is 0 Å². The summed E-state index contributed by atoms with van der Waals surface area (Å²) >= 11 is 0. The number of rotatable bonds is 10. The molecule has 5 N–H and O–H groups in total. The second-order valence-corrected chi connectivity index (χ2v) is 15.8. The lowest BCUT2D eigenvalue weighted by Crippen LogP contribution is -2.38. The Labute approximate surface area is 304 Å². The van der Waals surface area contributed by atoms with Crippen molar-refractivity contribution in [3.63, 3.8) is 0 Å². The van der Waals surface area contributed by atoms with Crippen LogP contribution in [0.5, 0.6) is 0 Å². The average Bonchev–Trinajstić information content (AvgIpc) is 3.90. The Hall–Kier alpha value is -5.78. The third-order valence-electron chi connectivity index (χ3n) is 8.81. The number of aromatic nitrogens is 2. The Morgan fingerprint density at radius 1 is 0.774 bits per heavy atom. The number of nitrogens with zero attached hydrogens (tertiary/aromatic N) is 2. The first-order valence-electron chi connectivity index (χ1n) is 17.0. The molecule has 0 atom stereocenters. The quantitative estimate of drug-likeness (QED) is 0.118. The van der Waals surface area contributed by atoms with E-state index in [1.165, 1.54) is 7.05 Å². The average molecular weight is 752 g/mol. The van der Waals surface area contributed by atoms with Gasteiger partial charge in [0, 0.05) is 47.6 Å². The first-order valence-corrected chi connectivity index (χ1v) is 18.8. The number of aromatic amines is 2. The number of H-pyrrole nitrogens is 2. The predicted octanol–water partition coefficient (Wildman–Crippen LogP) is 3.33. The summed E-state index contributed by atoms with van der Waals surface area (Å²) in [5.74, 6) is -1.59. The summed E-state index contributed by atoms with van der Waals surface area (Å²) in [5.41, 5.74) is 4.94. The number of nitrogens with one attached hydrogen (secondary N) is 5. The van der Waals surface area contributed by atoms with Crippen molar-refractivity contribution in [3.8, 4) is 0 Å². The first kappa shape index (κ1) is 37.0. The molecule has 18 heteroatoms. The monoisotopic (exact) mass is 751 g/mol. The Balaban J connectivity index is 1.05. The van der Waals surface area contributed by atoms with Crippen LogP contribution in [0.4, 0.5) is 25.8 Å². The van der Waals surface area contributed by atoms with Gasteiger partial charge in [-0.05, 0) is 81.1 Å². The van der Waals surface area contributed by atoms with Crippen molar-refractivity contribution in [2.45, 2.75) is 39.2 Å². The van der Waals surface area contributed by atoms with E-state index < -0.39 is 57.7 Å². The van der Waals surface area contributed by atoms with Crippen LogP contribution in [0.2, 0.25) is 0 Å². The van der Waals surface area contributed by atoms with Crippen LogP contribution >= 0.6 is 0 Å². The Morgan fingerprint density at radius 2 is 1.32 bits per heavy atom. The number of fused-ring (bicyclic) bond motifs is 6. The van der Waals surface area contributed by atoms with Gasteiger partial charge in [0.2, 0.25) is 0 Å². The minimum Gasteiger partial charge on any atom is -0.448 e. The van der Waals surface area contributed by atoms with E-state index >= 15 is 0 Å². The van der Waals surface area contributed by atoms with Gasteiger partial charge in [-0.15, -0.1) is 0 Å². The van der Waals surface area contributed by atoms with Gasteiger partial charge in [-0.3, -0.25) is 14.5 Å². The molecule has 2 aromatic heterocycles. The van der Waals surface area contributed by atoms with Gasteiger partial charge in [0.1, 0.15) is 30.2 Å². The third-order valence-corrected chi connectivity index (χ3v) is 10.4. The molecule has 0 spiro atoms. The Bertz CT molecular complexity index is 2220. The highest BCUT2D eigenvalue weighted by atomic mass is 32.2. The molecule has 2 aliphatic heterocycles. The minimum atomic E-state index is -3.63. The number of carbonyl (C=O) groups excluding carboxylic acids is 5. The zero-order valence-corrected chi connectivity index (χ0v) is 30.5. The molecule has 4 aromatic rings. The van der Waals surface area contributed by atoms with Crippen molar-refractivity contribution in [2.75, 3.05) is 61.3 Å². The molecule has 6 rings (SSSR count). The fraction of sp³-hybridized carbons (Fsp3) is 0.400. The summed E-state index contributed by atoms with van der Waals surface area (Å²) in [5, 5.41) is 8.75. The maximum atomic E-state index is 13.9. The lowest BCUT2D eigenvalue weighted by molar-refractivity contribution is 0.0583. The number of ether oxygens (including phenoxy) is 3. The summed E-state index contributed by atoms with van der Waals surface area (Å²) < 4.78 is 39.1. The fourth-order valence-corrected chi connectivity index (χ4v) is 7.24. The molecule has 0 unspecified atom stereocenters. The van der Waals surface area contributed by atoms with Crippen LogP contribution in [-0.2, 0) is 36.9 Å². The SMILES string of the molecule is CNC(=O)OCCS(=O)(=O)CCOC(=O)NCNC(=O)c1cc2c3c(ccc2[nH]1)N(C(=O)c1cc2c4c(ccc2[nH]1)N(C(=O)OC(C)(C)C)CC4)CC3. The molecule has 53 heavy (non-hydrogen) atoms. The highest BCUT2D eigenvalue weighted by Crippen LogP contribution is 2.38. The van der Waals surface area contributed by atoms with Crippen LogP contribution < -0.4 is 25.8 Å². The molecule has 2 aliphatic rings. The number of alkyl carbamates (subject to hydrolysis) is 2. The van der Waals surface area contributed by atoms with Gasteiger partial charge >= 0.3 is 18.3 Å². The van der Waals surface area contributed by atoms with Crippen LogP contribution in [0.1, 0.15) is 52.9 Å². The van der Waals surface area contributed by atoms with E-state index in [0.717, 1.165) is 38.8 Å². The lowest BCUT2D eigenvalue weighted by Gasteiger charge is -2.24. The molecule has 282 valence electrons. The number of anilines is 2. The van der Waals surface area contributed by atoms with Crippen molar-refractivity contribution >= 4 is 73.1 Å².